The molecule has 12 heteroatoms. The SMILES string of the molecule is Cc1c([C@@H]2CN3CCN(C(=O)C4CCc5nc(-n6cnnn6)ncc54)C[C@H]3CO2)ccc(F)c1C#N. The van der Waals surface area contributed by atoms with Gasteiger partial charge in [0.2, 0.25) is 5.91 Å². The van der Waals surface area contributed by atoms with Gasteiger partial charge in [-0.15, -0.1) is 5.10 Å². The van der Waals surface area contributed by atoms with E-state index in [9.17, 15) is 14.4 Å². The first kappa shape index (κ1) is 22.6. The molecule has 0 bridgehead atoms. The standard InChI is InChI=1S/C24H24FN9O2/c1-14-16(2-4-20(25)18(14)8-26)22-11-32-6-7-33(10-15(32)12-36-22)23(35)17-3-5-21-19(17)9-27-24(29-21)34-13-28-30-31-34/h2,4,9,13,15,17,22H,3,5-7,10-12H2,1H3/t15-,17?,22-/m0/s1. The van der Waals surface area contributed by atoms with Crippen molar-refractivity contribution in [3.05, 3.63) is 58.4 Å². The van der Waals surface area contributed by atoms with Crippen molar-refractivity contribution >= 4 is 5.91 Å². The fourth-order valence-corrected chi connectivity index (χ4v) is 5.54. The summed E-state index contributed by atoms with van der Waals surface area (Å²) in [6, 6.07) is 5.09. The van der Waals surface area contributed by atoms with Gasteiger partial charge in [-0.05, 0) is 47.4 Å². The number of fused-ring (bicyclic) bond motifs is 2. The van der Waals surface area contributed by atoms with Crippen LogP contribution < -0.4 is 0 Å². The van der Waals surface area contributed by atoms with Gasteiger partial charge in [-0.1, -0.05) is 6.07 Å². The van der Waals surface area contributed by atoms with Gasteiger partial charge >= 0.3 is 0 Å². The van der Waals surface area contributed by atoms with Gasteiger partial charge in [-0.2, -0.15) is 9.94 Å². The van der Waals surface area contributed by atoms with Gasteiger partial charge in [0.1, 0.15) is 18.2 Å². The predicted octanol–water partition coefficient (Wildman–Crippen LogP) is 1.09. The Balaban J connectivity index is 1.12. The van der Waals surface area contributed by atoms with Crippen LogP contribution in [-0.2, 0) is 16.0 Å². The van der Waals surface area contributed by atoms with E-state index in [2.05, 4.69) is 30.4 Å². The molecule has 0 radical (unpaired) electrons. The summed E-state index contributed by atoms with van der Waals surface area (Å²) in [5.74, 6) is -0.266. The molecule has 3 aromatic rings. The van der Waals surface area contributed by atoms with E-state index in [-0.39, 0.29) is 29.5 Å². The average Bonchev–Trinajstić information content (AvgIpc) is 3.58. The highest BCUT2D eigenvalue weighted by Crippen LogP contribution is 2.35. The van der Waals surface area contributed by atoms with Gasteiger partial charge in [0.05, 0.1) is 35.9 Å². The van der Waals surface area contributed by atoms with Crippen LogP contribution in [0.15, 0.2) is 24.7 Å². The van der Waals surface area contributed by atoms with E-state index in [1.165, 1.54) is 17.1 Å². The third-order valence-corrected chi connectivity index (χ3v) is 7.51. The molecule has 2 saturated heterocycles. The zero-order valence-corrected chi connectivity index (χ0v) is 19.7. The zero-order chi connectivity index (χ0) is 24.8. The molecular formula is C24H24FN9O2. The summed E-state index contributed by atoms with van der Waals surface area (Å²) in [4.78, 5) is 26.7. The minimum atomic E-state index is -0.509. The first-order valence-corrected chi connectivity index (χ1v) is 12.0. The van der Waals surface area contributed by atoms with Crippen molar-refractivity contribution in [2.75, 3.05) is 32.8 Å². The second-order valence-corrected chi connectivity index (χ2v) is 9.42. The second kappa shape index (κ2) is 9.00. The quantitative estimate of drug-likeness (QED) is 0.531. The number of hydrogen-bond donors (Lipinski definition) is 0. The van der Waals surface area contributed by atoms with E-state index < -0.39 is 5.82 Å². The largest absolute Gasteiger partial charge is 0.370 e. The third kappa shape index (κ3) is 3.81. The predicted molar refractivity (Wildman–Crippen MR) is 122 cm³/mol. The normalized spacial score (nSPS) is 23.7. The summed E-state index contributed by atoms with van der Waals surface area (Å²) in [6.45, 7) is 4.82. The lowest BCUT2D eigenvalue weighted by molar-refractivity contribution is -0.141. The lowest BCUT2D eigenvalue weighted by atomic mass is 9.96. The van der Waals surface area contributed by atoms with Crippen LogP contribution in [0.5, 0.6) is 0 Å². The van der Waals surface area contributed by atoms with Crippen LogP contribution in [0.3, 0.4) is 0 Å². The number of hydrogen-bond acceptors (Lipinski definition) is 9. The van der Waals surface area contributed by atoms with Gasteiger partial charge in [0, 0.05) is 37.9 Å². The third-order valence-electron chi connectivity index (χ3n) is 7.51. The molecule has 6 rings (SSSR count). The van der Waals surface area contributed by atoms with E-state index >= 15 is 0 Å². The molecule has 0 saturated carbocycles. The molecular weight excluding hydrogens is 465 g/mol. The molecule has 36 heavy (non-hydrogen) atoms. The van der Waals surface area contributed by atoms with Gasteiger partial charge < -0.3 is 9.64 Å². The molecule has 0 spiro atoms. The number of amides is 1. The van der Waals surface area contributed by atoms with E-state index in [0.29, 0.717) is 50.6 Å². The van der Waals surface area contributed by atoms with Crippen LogP contribution in [0.25, 0.3) is 5.95 Å². The second-order valence-electron chi connectivity index (χ2n) is 9.42. The van der Waals surface area contributed by atoms with Crippen molar-refractivity contribution in [1.29, 1.82) is 5.26 Å². The minimum Gasteiger partial charge on any atom is -0.370 e. The Morgan fingerprint density at radius 1 is 1.25 bits per heavy atom. The van der Waals surface area contributed by atoms with Crippen molar-refractivity contribution in [3.63, 3.8) is 0 Å². The molecule has 2 fully saturated rings. The number of nitriles is 1. The minimum absolute atomic E-state index is 0.0690. The first-order chi connectivity index (χ1) is 17.5. The Hall–Kier alpha value is -3.82. The fraction of sp³-hybridized carbons (Fsp3) is 0.458. The van der Waals surface area contributed by atoms with Crippen LogP contribution in [0.4, 0.5) is 4.39 Å². The van der Waals surface area contributed by atoms with Gasteiger partial charge in [0.15, 0.2) is 0 Å². The van der Waals surface area contributed by atoms with Crippen LogP contribution in [0, 0.1) is 24.1 Å². The number of halogens is 1. The summed E-state index contributed by atoms with van der Waals surface area (Å²) in [5, 5.41) is 20.4. The summed E-state index contributed by atoms with van der Waals surface area (Å²) in [7, 11) is 0. The molecule has 1 aromatic carbocycles. The Morgan fingerprint density at radius 2 is 2.14 bits per heavy atom. The highest BCUT2D eigenvalue weighted by molar-refractivity contribution is 5.85. The number of aromatic nitrogens is 6. The van der Waals surface area contributed by atoms with Crippen molar-refractivity contribution in [2.24, 2.45) is 0 Å². The summed E-state index contributed by atoms with van der Waals surface area (Å²) >= 11 is 0. The highest BCUT2D eigenvalue weighted by atomic mass is 19.1. The van der Waals surface area contributed by atoms with Gasteiger partial charge in [-0.3, -0.25) is 9.69 Å². The molecule has 0 N–H and O–H groups in total. The molecule has 4 heterocycles. The lowest BCUT2D eigenvalue weighted by Gasteiger charge is -2.46. The average molecular weight is 490 g/mol. The number of carbonyl (C=O) groups excluding carboxylic acids is 1. The van der Waals surface area contributed by atoms with Crippen LogP contribution >= 0.6 is 0 Å². The number of morpholine rings is 1. The number of piperazine rings is 1. The molecule has 3 atom stereocenters. The molecule has 1 aliphatic carbocycles. The van der Waals surface area contributed by atoms with E-state index in [4.69, 9.17) is 4.74 Å². The topological polar surface area (TPSA) is 126 Å². The first-order valence-electron chi connectivity index (χ1n) is 12.0. The Morgan fingerprint density at radius 3 is 2.94 bits per heavy atom. The number of aryl methyl sites for hydroxylation is 1. The molecule has 2 aromatic heterocycles. The fourth-order valence-electron chi connectivity index (χ4n) is 5.54. The van der Waals surface area contributed by atoms with Crippen molar-refractivity contribution < 1.29 is 13.9 Å². The number of carbonyl (C=O) groups is 1. The lowest BCUT2D eigenvalue weighted by Crippen LogP contribution is -2.60. The monoisotopic (exact) mass is 489 g/mol. The maximum Gasteiger partial charge on any atom is 0.253 e. The smallest absolute Gasteiger partial charge is 0.253 e. The number of benzene rings is 1. The van der Waals surface area contributed by atoms with E-state index in [1.54, 1.807) is 19.2 Å². The van der Waals surface area contributed by atoms with Gasteiger partial charge in [0.25, 0.3) is 5.95 Å². The van der Waals surface area contributed by atoms with Crippen molar-refractivity contribution in [2.45, 2.75) is 37.8 Å². The Labute approximate surface area is 206 Å². The number of tetrazole rings is 1. The van der Waals surface area contributed by atoms with Crippen LogP contribution in [0.2, 0.25) is 0 Å². The number of ether oxygens (including phenoxy) is 1. The Bertz CT molecular complexity index is 1360. The summed E-state index contributed by atoms with van der Waals surface area (Å²) in [6.07, 6.45) is 4.34. The summed E-state index contributed by atoms with van der Waals surface area (Å²) < 4.78 is 21.5. The highest BCUT2D eigenvalue weighted by Gasteiger charge is 2.39. The maximum atomic E-state index is 14.0. The summed E-state index contributed by atoms with van der Waals surface area (Å²) in [5.41, 5.74) is 3.27. The molecule has 184 valence electrons. The maximum absolute atomic E-state index is 14.0. The zero-order valence-electron chi connectivity index (χ0n) is 19.7. The van der Waals surface area contributed by atoms with Crippen molar-refractivity contribution in [1.82, 2.24) is 40.0 Å². The molecule has 2 aliphatic heterocycles. The number of nitrogens with zero attached hydrogens (tertiary/aromatic N) is 9. The van der Waals surface area contributed by atoms with Gasteiger partial charge in [-0.25, -0.2) is 14.4 Å². The van der Waals surface area contributed by atoms with E-state index in [1.807, 2.05) is 11.0 Å². The number of rotatable bonds is 3. The molecule has 1 amide bonds. The van der Waals surface area contributed by atoms with Crippen LogP contribution in [0.1, 0.15) is 46.4 Å². The Kier molecular flexibility index (Phi) is 5.66. The van der Waals surface area contributed by atoms with Crippen molar-refractivity contribution in [3.8, 4) is 12.0 Å². The van der Waals surface area contributed by atoms with E-state index in [0.717, 1.165) is 23.4 Å². The van der Waals surface area contributed by atoms with Crippen LogP contribution in [-0.4, -0.2) is 84.7 Å². The molecule has 1 unspecified atom stereocenters. The molecule has 11 nitrogen and oxygen atoms in total. The molecule has 3 aliphatic rings.